The summed E-state index contributed by atoms with van der Waals surface area (Å²) in [5.41, 5.74) is 3.16. The van der Waals surface area contributed by atoms with E-state index in [-0.39, 0.29) is 5.75 Å². The summed E-state index contributed by atoms with van der Waals surface area (Å²) >= 11 is 0. The van der Waals surface area contributed by atoms with Gasteiger partial charge in [0, 0.05) is 58.4 Å². The predicted octanol–water partition coefficient (Wildman–Crippen LogP) is 3.29. The fourth-order valence-electron chi connectivity index (χ4n) is 3.83. The highest BCUT2D eigenvalue weighted by molar-refractivity contribution is 5.79. The number of rotatable bonds is 9. The van der Waals surface area contributed by atoms with E-state index in [0.29, 0.717) is 24.6 Å². The molecule has 2 aromatic carbocycles. The summed E-state index contributed by atoms with van der Waals surface area (Å²) in [7, 11) is 1.69. The molecule has 0 radical (unpaired) electrons. The van der Waals surface area contributed by atoms with E-state index in [1.165, 1.54) is 17.2 Å². The van der Waals surface area contributed by atoms with E-state index in [0.717, 1.165) is 39.3 Å². The van der Waals surface area contributed by atoms with E-state index in [4.69, 9.17) is 0 Å². The third-order valence-corrected chi connectivity index (χ3v) is 5.73. The molecule has 2 aromatic rings. The standard InChI is InChI=1S/C24H33F2N5O/c1-3-30-12-14-31(15-13-30)18-21-10-5-4-8-19(21)16-28-24(27-2)29-17-20-9-6-7-11-22(20)32-23(25)26/h4-11,23H,3,12-18H2,1-2H3,(H2,27,28,29). The molecule has 0 saturated carbocycles. The van der Waals surface area contributed by atoms with Crippen molar-refractivity contribution in [3.63, 3.8) is 0 Å². The Kier molecular flexibility index (Phi) is 9.25. The van der Waals surface area contributed by atoms with Crippen molar-refractivity contribution < 1.29 is 13.5 Å². The van der Waals surface area contributed by atoms with Crippen LogP contribution in [0.2, 0.25) is 0 Å². The molecule has 0 aliphatic carbocycles. The van der Waals surface area contributed by atoms with Crippen molar-refractivity contribution in [3.05, 3.63) is 65.2 Å². The number of hydrogen-bond donors (Lipinski definition) is 2. The Bertz CT molecular complexity index is 869. The number of halogens is 2. The van der Waals surface area contributed by atoms with Crippen LogP contribution in [0, 0.1) is 0 Å². The van der Waals surface area contributed by atoms with Crippen molar-refractivity contribution in [1.82, 2.24) is 20.4 Å². The smallest absolute Gasteiger partial charge is 0.387 e. The number of alkyl halides is 2. The zero-order valence-corrected chi connectivity index (χ0v) is 18.9. The second-order valence-corrected chi connectivity index (χ2v) is 7.74. The Morgan fingerprint density at radius 3 is 2.09 bits per heavy atom. The molecular formula is C24H33F2N5O. The Labute approximate surface area is 189 Å². The van der Waals surface area contributed by atoms with Gasteiger partial charge in [-0.2, -0.15) is 8.78 Å². The highest BCUT2D eigenvalue weighted by atomic mass is 19.3. The van der Waals surface area contributed by atoms with Gasteiger partial charge in [-0.1, -0.05) is 49.4 Å². The van der Waals surface area contributed by atoms with Gasteiger partial charge in [-0.3, -0.25) is 9.89 Å². The topological polar surface area (TPSA) is 52.1 Å². The van der Waals surface area contributed by atoms with Gasteiger partial charge in [0.05, 0.1) is 0 Å². The average molecular weight is 446 g/mol. The molecule has 0 spiro atoms. The molecule has 1 heterocycles. The quantitative estimate of drug-likeness (QED) is 0.458. The Hall–Kier alpha value is -2.71. The normalized spacial score (nSPS) is 15.7. The maximum atomic E-state index is 12.6. The molecular weight excluding hydrogens is 412 g/mol. The Balaban J connectivity index is 1.55. The fourth-order valence-corrected chi connectivity index (χ4v) is 3.83. The lowest BCUT2D eigenvalue weighted by atomic mass is 10.1. The number of hydrogen-bond acceptors (Lipinski definition) is 4. The van der Waals surface area contributed by atoms with E-state index < -0.39 is 6.61 Å². The molecule has 0 amide bonds. The van der Waals surface area contributed by atoms with Crippen LogP contribution in [0.3, 0.4) is 0 Å². The van der Waals surface area contributed by atoms with Crippen LogP contribution in [-0.2, 0) is 19.6 Å². The van der Waals surface area contributed by atoms with Gasteiger partial charge < -0.3 is 20.3 Å². The number of guanidine groups is 1. The fraction of sp³-hybridized carbons (Fsp3) is 0.458. The first kappa shape index (κ1) is 23.9. The number of aliphatic imine (C=N–C) groups is 1. The number of nitrogens with zero attached hydrogens (tertiary/aromatic N) is 3. The average Bonchev–Trinajstić information content (AvgIpc) is 2.81. The van der Waals surface area contributed by atoms with Crippen LogP contribution >= 0.6 is 0 Å². The van der Waals surface area contributed by atoms with Gasteiger partial charge in [0.15, 0.2) is 5.96 Å². The summed E-state index contributed by atoms with van der Waals surface area (Å²) in [4.78, 5) is 9.24. The molecule has 0 aromatic heterocycles. The summed E-state index contributed by atoms with van der Waals surface area (Å²) < 4.78 is 29.9. The molecule has 1 aliphatic heterocycles. The van der Waals surface area contributed by atoms with Gasteiger partial charge in [-0.25, -0.2) is 0 Å². The first-order valence-corrected chi connectivity index (χ1v) is 11.1. The third kappa shape index (κ3) is 7.17. The van der Waals surface area contributed by atoms with E-state index >= 15 is 0 Å². The van der Waals surface area contributed by atoms with E-state index in [1.54, 1.807) is 25.2 Å². The summed E-state index contributed by atoms with van der Waals surface area (Å²) in [5, 5.41) is 6.51. The van der Waals surface area contributed by atoms with Gasteiger partial charge in [-0.15, -0.1) is 0 Å². The van der Waals surface area contributed by atoms with Gasteiger partial charge in [0.1, 0.15) is 5.75 Å². The molecule has 0 atom stereocenters. The van der Waals surface area contributed by atoms with Crippen LogP contribution in [0.5, 0.6) is 5.75 Å². The van der Waals surface area contributed by atoms with Crippen LogP contribution in [0.4, 0.5) is 8.78 Å². The molecule has 3 rings (SSSR count). The van der Waals surface area contributed by atoms with E-state index in [2.05, 4.69) is 55.3 Å². The Morgan fingerprint density at radius 2 is 1.47 bits per heavy atom. The van der Waals surface area contributed by atoms with Crippen molar-refractivity contribution in [2.24, 2.45) is 4.99 Å². The SMILES string of the molecule is CCN1CCN(Cc2ccccc2CNC(=NC)NCc2ccccc2OC(F)F)CC1. The summed E-state index contributed by atoms with van der Waals surface area (Å²) in [6, 6.07) is 15.2. The summed E-state index contributed by atoms with van der Waals surface area (Å²) in [6.45, 7) is 6.74. The highest BCUT2D eigenvalue weighted by Gasteiger charge is 2.16. The summed E-state index contributed by atoms with van der Waals surface area (Å²) in [5.74, 6) is 0.766. The zero-order valence-electron chi connectivity index (χ0n) is 18.9. The molecule has 0 bridgehead atoms. The van der Waals surface area contributed by atoms with Gasteiger partial charge >= 0.3 is 6.61 Å². The van der Waals surface area contributed by atoms with E-state index in [1.807, 2.05) is 6.07 Å². The minimum atomic E-state index is -2.85. The van der Waals surface area contributed by atoms with Crippen LogP contribution in [-0.4, -0.2) is 62.1 Å². The molecule has 1 saturated heterocycles. The monoisotopic (exact) mass is 445 g/mol. The molecule has 1 aliphatic rings. The van der Waals surface area contributed by atoms with Crippen LogP contribution in [0.25, 0.3) is 0 Å². The second kappa shape index (κ2) is 12.4. The van der Waals surface area contributed by atoms with E-state index in [9.17, 15) is 8.78 Å². The molecule has 6 nitrogen and oxygen atoms in total. The molecule has 1 fully saturated rings. The minimum Gasteiger partial charge on any atom is -0.434 e. The second-order valence-electron chi connectivity index (χ2n) is 7.74. The maximum Gasteiger partial charge on any atom is 0.387 e. The highest BCUT2D eigenvalue weighted by Crippen LogP contribution is 2.20. The number of ether oxygens (including phenoxy) is 1. The summed E-state index contributed by atoms with van der Waals surface area (Å²) in [6.07, 6.45) is 0. The number of piperazine rings is 1. The van der Waals surface area contributed by atoms with Crippen molar-refractivity contribution in [3.8, 4) is 5.75 Å². The van der Waals surface area contributed by atoms with Crippen molar-refractivity contribution >= 4 is 5.96 Å². The minimum absolute atomic E-state index is 0.166. The predicted molar refractivity (Wildman–Crippen MR) is 124 cm³/mol. The number of benzene rings is 2. The maximum absolute atomic E-state index is 12.6. The van der Waals surface area contributed by atoms with Gasteiger partial charge in [-0.05, 0) is 23.7 Å². The molecule has 2 N–H and O–H groups in total. The zero-order chi connectivity index (χ0) is 22.8. The number of nitrogens with one attached hydrogen (secondary N) is 2. The number of para-hydroxylation sites is 1. The first-order chi connectivity index (χ1) is 15.6. The molecule has 32 heavy (non-hydrogen) atoms. The largest absolute Gasteiger partial charge is 0.434 e. The van der Waals surface area contributed by atoms with Crippen molar-refractivity contribution in [2.45, 2.75) is 33.2 Å². The lowest BCUT2D eigenvalue weighted by molar-refractivity contribution is -0.0504. The van der Waals surface area contributed by atoms with Crippen molar-refractivity contribution in [1.29, 1.82) is 0 Å². The molecule has 0 unspecified atom stereocenters. The van der Waals surface area contributed by atoms with Gasteiger partial charge in [0.2, 0.25) is 0 Å². The lowest BCUT2D eigenvalue weighted by Crippen LogP contribution is -2.45. The lowest BCUT2D eigenvalue weighted by Gasteiger charge is -2.34. The van der Waals surface area contributed by atoms with Gasteiger partial charge in [0.25, 0.3) is 0 Å². The van der Waals surface area contributed by atoms with Crippen molar-refractivity contribution in [2.75, 3.05) is 39.8 Å². The van der Waals surface area contributed by atoms with Crippen LogP contribution in [0.15, 0.2) is 53.5 Å². The number of likely N-dealkylation sites (N-methyl/N-ethyl adjacent to an activating group) is 1. The van der Waals surface area contributed by atoms with Crippen LogP contribution < -0.4 is 15.4 Å². The Morgan fingerprint density at radius 1 is 0.906 bits per heavy atom. The molecule has 174 valence electrons. The molecule has 8 heteroatoms. The first-order valence-electron chi connectivity index (χ1n) is 11.1. The third-order valence-electron chi connectivity index (χ3n) is 5.73. The van der Waals surface area contributed by atoms with Crippen LogP contribution in [0.1, 0.15) is 23.6 Å².